The highest BCUT2D eigenvalue weighted by Crippen LogP contribution is 2.14. The van der Waals surface area contributed by atoms with Crippen molar-refractivity contribution in [3.8, 4) is 0 Å². The first-order valence-electron chi connectivity index (χ1n) is 6.80. The van der Waals surface area contributed by atoms with Crippen molar-refractivity contribution in [2.24, 2.45) is 0 Å². The van der Waals surface area contributed by atoms with Gasteiger partial charge in [0.1, 0.15) is 0 Å². The molecule has 0 spiro atoms. The predicted molar refractivity (Wildman–Crippen MR) is 81.3 cm³/mol. The zero-order chi connectivity index (χ0) is 15.8. The quantitative estimate of drug-likeness (QED) is 0.618. The van der Waals surface area contributed by atoms with Crippen molar-refractivity contribution >= 4 is 18.0 Å². The van der Waals surface area contributed by atoms with Crippen LogP contribution in [0, 0.1) is 6.92 Å². The molecule has 21 heavy (non-hydrogen) atoms. The van der Waals surface area contributed by atoms with Crippen LogP contribution in [0.3, 0.4) is 0 Å². The van der Waals surface area contributed by atoms with Gasteiger partial charge in [0, 0.05) is 31.8 Å². The Bertz CT molecular complexity index is 537. The third kappa shape index (κ3) is 5.39. The summed E-state index contributed by atoms with van der Waals surface area (Å²) in [5, 5.41) is 8.64. The number of hydrogen-bond acceptors (Lipinski definition) is 3. The molecule has 0 aliphatic heterocycles. The Hall–Kier alpha value is -2.14. The number of carbonyl (C=O) groups excluding carboxylic acids is 1. The van der Waals surface area contributed by atoms with Gasteiger partial charge in [0.25, 0.3) is 5.91 Å². The lowest BCUT2D eigenvalue weighted by molar-refractivity contribution is -0.131. The number of aryl methyl sites for hydroxylation is 1. The topological polar surface area (TPSA) is 66.8 Å². The Morgan fingerprint density at radius 2 is 2.10 bits per heavy atom. The second kappa shape index (κ2) is 8.21. The summed E-state index contributed by atoms with van der Waals surface area (Å²) in [4.78, 5) is 24.5. The average molecular weight is 291 g/mol. The zero-order valence-corrected chi connectivity index (χ0v) is 12.6. The number of aliphatic carboxylic acids is 1. The fraction of sp³-hybridized carbons (Fsp3) is 0.375. The number of rotatable bonds is 7. The lowest BCUT2D eigenvalue weighted by atomic mass is 10.0. The summed E-state index contributed by atoms with van der Waals surface area (Å²) in [6.45, 7) is 5.40. The minimum absolute atomic E-state index is 0.0993. The van der Waals surface area contributed by atoms with Crippen molar-refractivity contribution in [3.05, 3.63) is 41.0 Å². The molecule has 0 aliphatic carbocycles. The molecule has 0 saturated carbocycles. The molecule has 0 aliphatic rings. The van der Waals surface area contributed by atoms with E-state index in [1.165, 1.54) is 6.08 Å². The summed E-state index contributed by atoms with van der Waals surface area (Å²) >= 11 is 0. The van der Waals surface area contributed by atoms with Crippen LogP contribution in [0.25, 0.3) is 6.08 Å². The van der Waals surface area contributed by atoms with E-state index < -0.39 is 5.97 Å². The first-order valence-corrected chi connectivity index (χ1v) is 6.80. The Morgan fingerprint density at radius 1 is 1.38 bits per heavy atom. The Balaban J connectivity index is 2.87. The largest absolute Gasteiger partial charge is 0.478 e. The molecule has 114 valence electrons. The van der Waals surface area contributed by atoms with E-state index in [9.17, 15) is 9.59 Å². The lowest BCUT2D eigenvalue weighted by Crippen LogP contribution is -2.30. The van der Waals surface area contributed by atoms with Gasteiger partial charge in [-0.1, -0.05) is 12.1 Å². The molecule has 5 heteroatoms. The molecule has 0 saturated heterocycles. The molecule has 1 aromatic rings. The maximum atomic E-state index is 12.4. The standard InChI is InChI=1S/C16H21NO4/c1-4-21-10-9-17(3)16(20)14-11-13(6-5-12(14)2)7-8-15(18)19/h5-8,11H,4,9-10H2,1-3H3,(H,18,19)/b8-7+. The predicted octanol–water partition coefficient (Wildman–Crippen LogP) is 2.20. The Labute approximate surface area is 124 Å². The van der Waals surface area contributed by atoms with Crippen LogP contribution >= 0.6 is 0 Å². The highest BCUT2D eigenvalue weighted by atomic mass is 16.5. The third-order valence-electron chi connectivity index (χ3n) is 3.03. The molecule has 1 rings (SSSR count). The highest BCUT2D eigenvalue weighted by Gasteiger charge is 2.14. The number of carbonyl (C=O) groups is 2. The SMILES string of the molecule is CCOCCN(C)C(=O)c1cc(/C=C/C(=O)O)ccc1C. The molecule has 0 fully saturated rings. The summed E-state index contributed by atoms with van der Waals surface area (Å²) in [6, 6.07) is 5.30. The van der Waals surface area contributed by atoms with Gasteiger partial charge in [0.2, 0.25) is 0 Å². The molecule has 0 unspecified atom stereocenters. The van der Waals surface area contributed by atoms with Gasteiger partial charge in [-0.3, -0.25) is 4.79 Å². The van der Waals surface area contributed by atoms with E-state index in [-0.39, 0.29) is 5.91 Å². The first kappa shape index (κ1) is 16.9. The highest BCUT2D eigenvalue weighted by molar-refractivity contribution is 5.96. The number of amides is 1. The number of likely N-dealkylation sites (N-methyl/N-ethyl adjacent to an activating group) is 1. The molecule has 1 N–H and O–H groups in total. The summed E-state index contributed by atoms with van der Waals surface area (Å²) in [6.07, 6.45) is 2.52. The van der Waals surface area contributed by atoms with Crippen LogP contribution in [-0.4, -0.2) is 48.7 Å². The number of carboxylic acid groups (broad SMARTS) is 1. The molecule has 0 heterocycles. The van der Waals surface area contributed by atoms with Gasteiger partial charge in [-0.15, -0.1) is 0 Å². The molecule has 0 radical (unpaired) electrons. The monoisotopic (exact) mass is 291 g/mol. The average Bonchev–Trinajstić information content (AvgIpc) is 2.45. The maximum Gasteiger partial charge on any atom is 0.328 e. The van der Waals surface area contributed by atoms with Gasteiger partial charge in [-0.05, 0) is 37.1 Å². The van der Waals surface area contributed by atoms with Crippen LogP contribution in [0.2, 0.25) is 0 Å². The van der Waals surface area contributed by atoms with Gasteiger partial charge < -0.3 is 14.7 Å². The van der Waals surface area contributed by atoms with E-state index in [4.69, 9.17) is 9.84 Å². The van der Waals surface area contributed by atoms with E-state index in [1.54, 1.807) is 24.1 Å². The van der Waals surface area contributed by atoms with Crippen molar-refractivity contribution < 1.29 is 19.4 Å². The number of hydrogen-bond donors (Lipinski definition) is 1. The number of benzene rings is 1. The summed E-state index contributed by atoms with van der Waals surface area (Å²) in [5.74, 6) is -1.12. The van der Waals surface area contributed by atoms with Gasteiger partial charge in [-0.25, -0.2) is 4.79 Å². The van der Waals surface area contributed by atoms with Crippen molar-refractivity contribution in [3.63, 3.8) is 0 Å². The second-order valence-corrected chi connectivity index (χ2v) is 4.67. The normalized spacial score (nSPS) is 10.8. The van der Waals surface area contributed by atoms with Gasteiger partial charge in [-0.2, -0.15) is 0 Å². The van der Waals surface area contributed by atoms with Crippen LogP contribution in [-0.2, 0) is 9.53 Å². The molecule has 1 amide bonds. The molecule has 1 aromatic carbocycles. The van der Waals surface area contributed by atoms with Crippen LogP contribution in [0.4, 0.5) is 0 Å². The Kier molecular flexibility index (Phi) is 6.62. The number of nitrogens with zero attached hydrogens (tertiary/aromatic N) is 1. The van der Waals surface area contributed by atoms with Crippen molar-refractivity contribution in [2.45, 2.75) is 13.8 Å². The van der Waals surface area contributed by atoms with Crippen molar-refractivity contribution in [2.75, 3.05) is 26.8 Å². The van der Waals surface area contributed by atoms with Crippen LogP contribution in [0.5, 0.6) is 0 Å². The third-order valence-corrected chi connectivity index (χ3v) is 3.03. The second-order valence-electron chi connectivity index (χ2n) is 4.67. The first-order chi connectivity index (χ1) is 9.95. The van der Waals surface area contributed by atoms with Crippen LogP contribution < -0.4 is 0 Å². The van der Waals surface area contributed by atoms with Gasteiger partial charge in [0.05, 0.1) is 6.61 Å². The molecule has 0 bridgehead atoms. The van der Waals surface area contributed by atoms with Crippen molar-refractivity contribution in [1.82, 2.24) is 4.90 Å². The minimum atomic E-state index is -1.02. The summed E-state index contributed by atoms with van der Waals surface area (Å²) in [5.41, 5.74) is 2.11. The zero-order valence-electron chi connectivity index (χ0n) is 12.6. The molecule has 0 atom stereocenters. The Morgan fingerprint density at radius 3 is 2.71 bits per heavy atom. The van der Waals surface area contributed by atoms with Crippen molar-refractivity contribution in [1.29, 1.82) is 0 Å². The molecular formula is C16H21NO4. The maximum absolute atomic E-state index is 12.4. The van der Waals surface area contributed by atoms with Crippen LogP contribution in [0.15, 0.2) is 24.3 Å². The number of ether oxygens (including phenoxy) is 1. The molecule has 5 nitrogen and oxygen atoms in total. The van der Waals surface area contributed by atoms with Crippen LogP contribution in [0.1, 0.15) is 28.4 Å². The van der Waals surface area contributed by atoms with E-state index in [2.05, 4.69) is 0 Å². The molecular weight excluding hydrogens is 270 g/mol. The summed E-state index contributed by atoms with van der Waals surface area (Å²) in [7, 11) is 1.72. The van der Waals surface area contributed by atoms with E-state index in [0.29, 0.717) is 30.9 Å². The van der Waals surface area contributed by atoms with Gasteiger partial charge >= 0.3 is 5.97 Å². The van der Waals surface area contributed by atoms with Gasteiger partial charge in [0.15, 0.2) is 0 Å². The minimum Gasteiger partial charge on any atom is -0.478 e. The smallest absolute Gasteiger partial charge is 0.328 e. The fourth-order valence-electron chi connectivity index (χ4n) is 1.79. The fourth-order valence-corrected chi connectivity index (χ4v) is 1.79. The van der Waals surface area contributed by atoms with E-state index in [1.807, 2.05) is 19.9 Å². The van der Waals surface area contributed by atoms with E-state index in [0.717, 1.165) is 11.6 Å². The lowest BCUT2D eigenvalue weighted by Gasteiger charge is -2.18. The van der Waals surface area contributed by atoms with E-state index >= 15 is 0 Å². The number of carboxylic acids is 1. The molecule has 0 aromatic heterocycles. The summed E-state index contributed by atoms with van der Waals surface area (Å²) < 4.78 is 5.24.